The van der Waals surface area contributed by atoms with E-state index in [1.165, 1.54) is 0 Å². The fourth-order valence-electron chi connectivity index (χ4n) is 0.918. The Morgan fingerprint density at radius 1 is 1.80 bits per heavy atom. The average Bonchev–Trinajstić information content (AvgIpc) is 2.30. The zero-order valence-corrected chi connectivity index (χ0v) is 6.80. The van der Waals surface area contributed by atoms with Crippen LogP contribution in [0.4, 0.5) is 5.95 Å². The first-order valence-electron chi connectivity index (χ1n) is 3.20. The van der Waals surface area contributed by atoms with Crippen LogP contribution in [-0.4, -0.2) is 9.55 Å². The number of nitrogens with zero attached hydrogens (tertiary/aromatic N) is 2. The minimum absolute atomic E-state index is 0.576. The van der Waals surface area contributed by atoms with Gasteiger partial charge < -0.3 is 10.3 Å². The van der Waals surface area contributed by atoms with E-state index in [1.54, 1.807) is 6.20 Å². The van der Waals surface area contributed by atoms with Crippen molar-refractivity contribution in [2.45, 2.75) is 19.2 Å². The molecule has 10 heavy (non-hydrogen) atoms. The van der Waals surface area contributed by atoms with Crippen LogP contribution in [0.3, 0.4) is 0 Å². The van der Waals surface area contributed by atoms with E-state index >= 15 is 0 Å². The second-order valence-corrected chi connectivity index (χ2v) is 2.33. The lowest BCUT2D eigenvalue weighted by Crippen LogP contribution is -2.03. The monoisotopic (exact) mass is 157 g/mol. The van der Waals surface area contributed by atoms with E-state index in [9.17, 15) is 0 Å². The van der Waals surface area contributed by atoms with Gasteiger partial charge in [-0.2, -0.15) is 12.6 Å². The quantitative estimate of drug-likeness (QED) is 0.627. The summed E-state index contributed by atoms with van der Waals surface area (Å²) in [5.74, 6) is 1.27. The lowest BCUT2D eigenvalue weighted by molar-refractivity contribution is 0.746. The van der Waals surface area contributed by atoms with Gasteiger partial charge in [0, 0.05) is 18.0 Å². The van der Waals surface area contributed by atoms with E-state index in [-0.39, 0.29) is 0 Å². The van der Waals surface area contributed by atoms with Gasteiger partial charge in [0.15, 0.2) is 5.95 Å². The summed E-state index contributed by atoms with van der Waals surface area (Å²) in [4.78, 5) is 3.95. The highest BCUT2D eigenvalue weighted by Crippen LogP contribution is 2.08. The van der Waals surface area contributed by atoms with Crippen LogP contribution in [0.25, 0.3) is 0 Å². The van der Waals surface area contributed by atoms with Crippen LogP contribution in [0.5, 0.6) is 0 Å². The van der Waals surface area contributed by atoms with E-state index < -0.39 is 0 Å². The molecule has 3 nitrogen and oxygen atoms in total. The Hall–Kier alpha value is -0.640. The first-order valence-corrected chi connectivity index (χ1v) is 3.83. The Kier molecular flexibility index (Phi) is 2.21. The molecule has 0 aromatic carbocycles. The van der Waals surface area contributed by atoms with E-state index in [0.717, 1.165) is 12.2 Å². The molecule has 0 radical (unpaired) electrons. The molecular weight excluding hydrogens is 146 g/mol. The van der Waals surface area contributed by atoms with Crippen molar-refractivity contribution in [3.8, 4) is 0 Å². The molecule has 1 aromatic rings. The molecule has 0 unspecified atom stereocenters. The Morgan fingerprint density at radius 2 is 2.50 bits per heavy atom. The van der Waals surface area contributed by atoms with Crippen LogP contribution in [0.2, 0.25) is 0 Å². The predicted octanol–water partition coefficient (Wildman–Crippen LogP) is 0.915. The zero-order valence-electron chi connectivity index (χ0n) is 5.91. The van der Waals surface area contributed by atoms with Gasteiger partial charge in [0.05, 0.1) is 6.20 Å². The van der Waals surface area contributed by atoms with Crippen molar-refractivity contribution in [1.82, 2.24) is 9.55 Å². The molecule has 1 aromatic heterocycles. The van der Waals surface area contributed by atoms with E-state index in [0.29, 0.717) is 11.7 Å². The molecular formula is C6H11N3S. The van der Waals surface area contributed by atoms with Gasteiger partial charge >= 0.3 is 0 Å². The number of hydrogen-bond acceptors (Lipinski definition) is 3. The van der Waals surface area contributed by atoms with Crippen molar-refractivity contribution < 1.29 is 0 Å². The average molecular weight is 157 g/mol. The Bertz CT molecular complexity index is 219. The van der Waals surface area contributed by atoms with E-state index in [2.05, 4.69) is 17.6 Å². The molecule has 0 aliphatic rings. The summed E-state index contributed by atoms with van der Waals surface area (Å²) in [5.41, 5.74) is 6.62. The van der Waals surface area contributed by atoms with Crippen LogP contribution >= 0.6 is 12.6 Å². The van der Waals surface area contributed by atoms with Crippen molar-refractivity contribution >= 4 is 18.6 Å². The van der Waals surface area contributed by atoms with Crippen molar-refractivity contribution in [2.75, 3.05) is 5.73 Å². The second-order valence-electron chi connectivity index (χ2n) is 2.01. The third-order valence-electron chi connectivity index (χ3n) is 1.45. The topological polar surface area (TPSA) is 43.8 Å². The summed E-state index contributed by atoms with van der Waals surface area (Å²) < 4.78 is 1.94. The fraction of sp³-hybridized carbons (Fsp3) is 0.500. The molecule has 1 rings (SSSR count). The summed E-state index contributed by atoms with van der Waals surface area (Å²) in [6.45, 7) is 2.90. The molecule has 4 heteroatoms. The lowest BCUT2D eigenvalue weighted by Gasteiger charge is -2.02. The lowest BCUT2D eigenvalue weighted by atomic mass is 10.5. The summed E-state index contributed by atoms with van der Waals surface area (Å²) in [6.07, 6.45) is 1.76. The molecule has 0 bridgehead atoms. The summed E-state index contributed by atoms with van der Waals surface area (Å²) in [5, 5.41) is 0. The molecule has 1 heterocycles. The SMILES string of the molecule is CCn1c(CS)cnc1N. The Morgan fingerprint density at radius 3 is 2.90 bits per heavy atom. The molecule has 0 aliphatic heterocycles. The van der Waals surface area contributed by atoms with Gasteiger partial charge in [0.25, 0.3) is 0 Å². The standard InChI is InChI=1S/C6H11N3S/c1-2-9-5(4-10)3-8-6(9)7/h3,10H,2,4H2,1H3,(H2,7,8). The van der Waals surface area contributed by atoms with Crippen LogP contribution in [-0.2, 0) is 12.3 Å². The maximum Gasteiger partial charge on any atom is 0.200 e. The second kappa shape index (κ2) is 2.96. The Labute approximate surface area is 65.7 Å². The first kappa shape index (κ1) is 7.47. The number of imidazole rings is 1. The van der Waals surface area contributed by atoms with Gasteiger partial charge in [0.1, 0.15) is 0 Å². The highest BCUT2D eigenvalue weighted by Gasteiger charge is 2.01. The molecule has 0 spiro atoms. The van der Waals surface area contributed by atoms with Crippen LogP contribution < -0.4 is 5.73 Å². The first-order chi connectivity index (χ1) is 4.79. The third kappa shape index (κ3) is 1.11. The molecule has 56 valence electrons. The molecule has 0 aliphatic carbocycles. The summed E-state index contributed by atoms with van der Waals surface area (Å²) in [7, 11) is 0. The van der Waals surface area contributed by atoms with Gasteiger partial charge in [-0.3, -0.25) is 0 Å². The number of nitrogens with two attached hydrogens (primary N) is 1. The molecule has 0 fully saturated rings. The maximum atomic E-state index is 5.55. The number of rotatable bonds is 2. The van der Waals surface area contributed by atoms with Crippen LogP contribution in [0, 0.1) is 0 Å². The van der Waals surface area contributed by atoms with Gasteiger partial charge in [-0.1, -0.05) is 0 Å². The number of nitrogen functional groups attached to an aromatic ring is 1. The number of hydrogen-bond donors (Lipinski definition) is 2. The van der Waals surface area contributed by atoms with Gasteiger partial charge in [0.2, 0.25) is 0 Å². The third-order valence-corrected chi connectivity index (χ3v) is 1.77. The number of aromatic nitrogens is 2. The number of thiol groups is 1. The van der Waals surface area contributed by atoms with E-state index in [4.69, 9.17) is 5.73 Å². The highest BCUT2D eigenvalue weighted by molar-refractivity contribution is 7.79. The van der Waals surface area contributed by atoms with Crippen molar-refractivity contribution in [1.29, 1.82) is 0 Å². The predicted molar refractivity (Wildman–Crippen MR) is 45.0 cm³/mol. The van der Waals surface area contributed by atoms with Crippen LogP contribution in [0.1, 0.15) is 12.6 Å². The van der Waals surface area contributed by atoms with Crippen LogP contribution in [0.15, 0.2) is 6.20 Å². The van der Waals surface area contributed by atoms with Crippen molar-refractivity contribution in [3.05, 3.63) is 11.9 Å². The maximum absolute atomic E-state index is 5.55. The molecule has 0 saturated heterocycles. The molecule has 2 N–H and O–H groups in total. The van der Waals surface area contributed by atoms with Gasteiger partial charge in [-0.05, 0) is 6.92 Å². The fourth-order valence-corrected chi connectivity index (χ4v) is 1.17. The smallest absolute Gasteiger partial charge is 0.200 e. The highest BCUT2D eigenvalue weighted by atomic mass is 32.1. The molecule has 0 saturated carbocycles. The molecule has 0 atom stereocenters. The summed E-state index contributed by atoms with van der Waals surface area (Å²) in [6, 6.07) is 0. The van der Waals surface area contributed by atoms with Gasteiger partial charge in [-0.25, -0.2) is 4.98 Å². The minimum atomic E-state index is 0.576. The normalized spacial score (nSPS) is 10.2. The number of anilines is 1. The van der Waals surface area contributed by atoms with E-state index in [1.807, 2.05) is 11.5 Å². The minimum Gasteiger partial charge on any atom is -0.369 e. The zero-order chi connectivity index (χ0) is 7.56. The van der Waals surface area contributed by atoms with Crippen molar-refractivity contribution in [3.63, 3.8) is 0 Å². The Balaban J connectivity index is 3.01. The molecule has 0 amide bonds. The summed E-state index contributed by atoms with van der Waals surface area (Å²) >= 11 is 4.13. The van der Waals surface area contributed by atoms with Gasteiger partial charge in [-0.15, -0.1) is 0 Å². The largest absolute Gasteiger partial charge is 0.369 e. The van der Waals surface area contributed by atoms with Crippen molar-refractivity contribution in [2.24, 2.45) is 0 Å².